The predicted molar refractivity (Wildman–Crippen MR) is 84.2 cm³/mol. The highest BCUT2D eigenvalue weighted by atomic mass is 16.4. The van der Waals surface area contributed by atoms with Crippen LogP contribution in [-0.4, -0.2) is 40.6 Å². The Balaban J connectivity index is 1.83. The lowest BCUT2D eigenvalue weighted by atomic mass is 10.2. The van der Waals surface area contributed by atoms with E-state index < -0.39 is 0 Å². The standard InChI is InChI=1S/C17H22N2O3/c1-2-19(11-12-20)17(21)10-6-9-16-18-13-15(22-16)14-7-4-3-5-8-14/h3-5,7-8,13,20H,2,6,9-12H2,1H3. The zero-order valence-corrected chi connectivity index (χ0v) is 12.9. The van der Waals surface area contributed by atoms with Crippen molar-refractivity contribution in [3.8, 4) is 11.3 Å². The van der Waals surface area contributed by atoms with E-state index in [4.69, 9.17) is 9.52 Å². The number of carbonyl (C=O) groups is 1. The molecular formula is C17H22N2O3. The number of benzene rings is 1. The molecule has 5 heteroatoms. The summed E-state index contributed by atoms with van der Waals surface area (Å²) in [7, 11) is 0. The van der Waals surface area contributed by atoms with Gasteiger partial charge in [-0.2, -0.15) is 0 Å². The van der Waals surface area contributed by atoms with E-state index >= 15 is 0 Å². The molecule has 1 aromatic carbocycles. The van der Waals surface area contributed by atoms with Gasteiger partial charge < -0.3 is 14.4 Å². The number of oxazole rings is 1. The van der Waals surface area contributed by atoms with E-state index in [1.165, 1.54) is 0 Å². The molecule has 118 valence electrons. The second kappa shape index (κ2) is 8.34. The average Bonchev–Trinajstić information content (AvgIpc) is 3.02. The molecule has 5 nitrogen and oxygen atoms in total. The Bertz CT molecular complexity index is 581. The van der Waals surface area contributed by atoms with Gasteiger partial charge in [0.25, 0.3) is 0 Å². The van der Waals surface area contributed by atoms with Crippen LogP contribution in [0.1, 0.15) is 25.7 Å². The molecule has 0 bridgehead atoms. The van der Waals surface area contributed by atoms with Gasteiger partial charge in [0, 0.05) is 31.5 Å². The van der Waals surface area contributed by atoms with Gasteiger partial charge in [0.15, 0.2) is 11.7 Å². The number of rotatable bonds is 8. The van der Waals surface area contributed by atoms with Gasteiger partial charge in [0.1, 0.15) is 0 Å². The SMILES string of the molecule is CCN(CCO)C(=O)CCCc1ncc(-c2ccccc2)o1. The Kier molecular flexibility index (Phi) is 6.15. The van der Waals surface area contributed by atoms with Crippen LogP contribution < -0.4 is 0 Å². The van der Waals surface area contributed by atoms with Crippen LogP contribution in [0.4, 0.5) is 0 Å². The van der Waals surface area contributed by atoms with Gasteiger partial charge in [-0.05, 0) is 13.3 Å². The van der Waals surface area contributed by atoms with Gasteiger partial charge in [0.05, 0.1) is 12.8 Å². The van der Waals surface area contributed by atoms with E-state index in [9.17, 15) is 4.79 Å². The molecule has 0 aliphatic heterocycles. The van der Waals surface area contributed by atoms with E-state index in [0.717, 1.165) is 11.3 Å². The fraction of sp³-hybridized carbons (Fsp3) is 0.412. The van der Waals surface area contributed by atoms with Crippen LogP contribution in [0.3, 0.4) is 0 Å². The lowest BCUT2D eigenvalue weighted by molar-refractivity contribution is -0.131. The van der Waals surface area contributed by atoms with Crippen LogP contribution in [0.15, 0.2) is 40.9 Å². The van der Waals surface area contributed by atoms with Gasteiger partial charge in [0.2, 0.25) is 5.91 Å². The van der Waals surface area contributed by atoms with Crippen LogP contribution in [0.2, 0.25) is 0 Å². The maximum Gasteiger partial charge on any atom is 0.222 e. The molecular weight excluding hydrogens is 280 g/mol. The van der Waals surface area contributed by atoms with Crippen molar-refractivity contribution in [3.05, 3.63) is 42.4 Å². The van der Waals surface area contributed by atoms with Crippen LogP contribution in [0.5, 0.6) is 0 Å². The van der Waals surface area contributed by atoms with Crippen molar-refractivity contribution < 1.29 is 14.3 Å². The molecule has 0 unspecified atom stereocenters. The van der Waals surface area contributed by atoms with Gasteiger partial charge in [-0.25, -0.2) is 4.98 Å². The normalized spacial score (nSPS) is 10.6. The highest BCUT2D eigenvalue weighted by Crippen LogP contribution is 2.20. The lowest BCUT2D eigenvalue weighted by Crippen LogP contribution is -2.33. The molecule has 0 atom stereocenters. The number of hydrogen-bond donors (Lipinski definition) is 1. The van der Waals surface area contributed by atoms with Crippen molar-refractivity contribution in [2.45, 2.75) is 26.2 Å². The van der Waals surface area contributed by atoms with E-state index in [0.29, 0.717) is 38.2 Å². The van der Waals surface area contributed by atoms with Crippen molar-refractivity contribution >= 4 is 5.91 Å². The number of nitrogens with zero attached hydrogens (tertiary/aromatic N) is 2. The second-order valence-corrected chi connectivity index (χ2v) is 5.03. The topological polar surface area (TPSA) is 66.6 Å². The molecule has 0 fully saturated rings. The zero-order chi connectivity index (χ0) is 15.8. The van der Waals surface area contributed by atoms with Crippen LogP contribution in [0, 0.1) is 0 Å². The lowest BCUT2D eigenvalue weighted by Gasteiger charge is -2.19. The van der Waals surface area contributed by atoms with Crippen molar-refractivity contribution in [1.82, 2.24) is 9.88 Å². The third-order valence-corrected chi connectivity index (χ3v) is 3.50. The summed E-state index contributed by atoms with van der Waals surface area (Å²) in [4.78, 5) is 17.9. The number of carbonyl (C=O) groups excluding carboxylic acids is 1. The number of aliphatic hydroxyl groups excluding tert-OH is 1. The number of aromatic nitrogens is 1. The van der Waals surface area contributed by atoms with E-state index in [-0.39, 0.29) is 12.5 Å². The minimum absolute atomic E-state index is 0.000243. The molecule has 2 rings (SSSR count). The summed E-state index contributed by atoms with van der Waals surface area (Å²) >= 11 is 0. The van der Waals surface area contributed by atoms with E-state index in [1.54, 1.807) is 11.1 Å². The maximum absolute atomic E-state index is 11.9. The maximum atomic E-state index is 11.9. The van der Waals surface area contributed by atoms with Crippen molar-refractivity contribution in [2.75, 3.05) is 19.7 Å². The summed E-state index contributed by atoms with van der Waals surface area (Å²) in [5.74, 6) is 1.46. The Morgan fingerprint density at radius 1 is 1.32 bits per heavy atom. The molecule has 0 radical (unpaired) electrons. The highest BCUT2D eigenvalue weighted by Gasteiger charge is 2.12. The number of hydrogen-bond acceptors (Lipinski definition) is 4. The van der Waals surface area contributed by atoms with Crippen LogP contribution in [-0.2, 0) is 11.2 Å². The smallest absolute Gasteiger partial charge is 0.222 e. The third kappa shape index (κ3) is 4.43. The first-order valence-electron chi connectivity index (χ1n) is 7.63. The monoisotopic (exact) mass is 302 g/mol. The molecule has 0 aliphatic carbocycles. The van der Waals surface area contributed by atoms with Crippen LogP contribution in [0.25, 0.3) is 11.3 Å². The second-order valence-electron chi connectivity index (χ2n) is 5.03. The van der Waals surface area contributed by atoms with E-state index in [2.05, 4.69) is 4.98 Å². The molecule has 1 N–H and O–H groups in total. The molecule has 2 aromatic rings. The van der Waals surface area contributed by atoms with Gasteiger partial charge >= 0.3 is 0 Å². The quantitative estimate of drug-likeness (QED) is 0.813. The number of aliphatic hydroxyl groups is 1. The number of amides is 1. The Hall–Kier alpha value is -2.14. The van der Waals surface area contributed by atoms with Gasteiger partial charge in [-0.15, -0.1) is 0 Å². The summed E-state index contributed by atoms with van der Waals surface area (Å²) in [6.07, 6.45) is 3.48. The third-order valence-electron chi connectivity index (χ3n) is 3.50. The summed E-state index contributed by atoms with van der Waals surface area (Å²) in [5.41, 5.74) is 0.998. The summed E-state index contributed by atoms with van der Waals surface area (Å²) < 4.78 is 5.71. The van der Waals surface area contributed by atoms with E-state index in [1.807, 2.05) is 37.3 Å². The Morgan fingerprint density at radius 3 is 2.77 bits per heavy atom. The van der Waals surface area contributed by atoms with Crippen molar-refractivity contribution in [3.63, 3.8) is 0 Å². The number of likely N-dealkylation sites (N-methyl/N-ethyl adjacent to an activating group) is 1. The van der Waals surface area contributed by atoms with Crippen molar-refractivity contribution in [2.24, 2.45) is 0 Å². The Labute approximate surface area is 130 Å². The first-order valence-corrected chi connectivity index (χ1v) is 7.63. The summed E-state index contributed by atoms with van der Waals surface area (Å²) in [6, 6.07) is 9.81. The van der Waals surface area contributed by atoms with Crippen molar-refractivity contribution in [1.29, 1.82) is 0 Å². The molecule has 22 heavy (non-hydrogen) atoms. The van der Waals surface area contributed by atoms with Gasteiger partial charge in [-0.3, -0.25) is 4.79 Å². The molecule has 0 aliphatic rings. The summed E-state index contributed by atoms with van der Waals surface area (Å²) in [6.45, 7) is 2.93. The molecule has 1 heterocycles. The molecule has 0 spiro atoms. The fourth-order valence-corrected chi connectivity index (χ4v) is 2.29. The Morgan fingerprint density at radius 2 is 2.09 bits per heavy atom. The molecule has 1 aromatic heterocycles. The van der Waals surface area contributed by atoms with Crippen LogP contribution >= 0.6 is 0 Å². The molecule has 0 saturated carbocycles. The van der Waals surface area contributed by atoms with Gasteiger partial charge in [-0.1, -0.05) is 30.3 Å². The average molecular weight is 302 g/mol. The first kappa shape index (κ1) is 16.2. The molecule has 1 amide bonds. The predicted octanol–water partition coefficient (Wildman–Crippen LogP) is 2.51. The first-order chi connectivity index (χ1) is 10.7. The minimum atomic E-state index is -0.000243. The fourth-order valence-electron chi connectivity index (χ4n) is 2.29. The minimum Gasteiger partial charge on any atom is -0.441 e. The number of aryl methyl sites for hydroxylation is 1. The zero-order valence-electron chi connectivity index (χ0n) is 12.9. The molecule has 0 saturated heterocycles. The highest BCUT2D eigenvalue weighted by molar-refractivity contribution is 5.76. The summed E-state index contributed by atoms with van der Waals surface area (Å²) in [5, 5.41) is 8.91. The largest absolute Gasteiger partial charge is 0.441 e.